The lowest BCUT2D eigenvalue weighted by Gasteiger charge is -2.13. The van der Waals surface area contributed by atoms with E-state index < -0.39 is 6.04 Å². The number of rotatable bonds is 2. The molecule has 0 aliphatic rings. The van der Waals surface area contributed by atoms with E-state index in [1.165, 1.54) is 0 Å². The van der Waals surface area contributed by atoms with E-state index in [-0.39, 0.29) is 24.8 Å². The first-order valence-corrected chi connectivity index (χ1v) is 4.36. The van der Waals surface area contributed by atoms with E-state index in [0.29, 0.717) is 16.1 Å². The Morgan fingerprint density at radius 2 is 2.07 bits per heavy atom. The quantitative estimate of drug-likeness (QED) is 0.830. The third-order valence-corrected chi connectivity index (χ3v) is 2.27. The highest BCUT2D eigenvalue weighted by molar-refractivity contribution is 6.31. The van der Waals surface area contributed by atoms with Crippen LogP contribution in [0.15, 0.2) is 12.1 Å². The standard InChI is InChI=1S/C9H12ClFN2.ClH/c1-5-2-3-6(10)8(9(5)11)7(13)4-12;/h2-3,7H,4,12-13H2,1H3;1H/t7-;/m0./s1. The van der Waals surface area contributed by atoms with E-state index >= 15 is 0 Å². The molecule has 0 radical (unpaired) electrons. The number of hydrogen-bond donors (Lipinski definition) is 2. The van der Waals surface area contributed by atoms with Gasteiger partial charge in [-0.15, -0.1) is 12.4 Å². The minimum Gasteiger partial charge on any atom is -0.329 e. The van der Waals surface area contributed by atoms with Gasteiger partial charge >= 0.3 is 0 Å². The van der Waals surface area contributed by atoms with Gasteiger partial charge in [-0.25, -0.2) is 4.39 Å². The zero-order valence-corrected chi connectivity index (χ0v) is 9.33. The summed E-state index contributed by atoms with van der Waals surface area (Å²) in [6.45, 7) is 1.85. The van der Waals surface area contributed by atoms with Gasteiger partial charge in [0.2, 0.25) is 0 Å². The van der Waals surface area contributed by atoms with Crippen LogP contribution in [0.25, 0.3) is 0 Å². The van der Waals surface area contributed by atoms with E-state index in [1.807, 2.05) is 0 Å². The van der Waals surface area contributed by atoms with Gasteiger partial charge in [0, 0.05) is 23.2 Å². The summed E-state index contributed by atoms with van der Waals surface area (Å²) in [7, 11) is 0. The summed E-state index contributed by atoms with van der Waals surface area (Å²) < 4.78 is 13.5. The molecule has 2 nitrogen and oxygen atoms in total. The molecule has 0 aromatic heterocycles. The van der Waals surface area contributed by atoms with E-state index in [1.54, 1.807) is 19.1 Å². The van der Waals surface area contributed by atoms with Gasteiger partial charge in [0.25, 0.3) is 0 Å². The molecule has 0 saturated heterocycles. The highest BCUT2D eigenvalue weighted by Crippen LogP contribution is 2.26. The van der Waals surface area contributed by atoms with Crippen molar-refractivity contribution in [1.82, 2.24) is 0 Å². The van der Waals surface area contributed by atoms with Crippen LogP contribution >= 0.6 is 24.0 Å². The van der Waals surface area contributed by atoms with Crippen LogP contribution in [0.2, 0.25) is 5.02 Å². The van der Waals surface area contributed by atoms with E-state index in [4.69, 9.17) is 23.1 Å². The van der Waals surface area contributed by atoms with Crippen LogP contribution < -0.4 is 11.5 Å². The van der Waals surface area contributed by atoms with Crippen LogP contribution in [0.1, 0.15) is 17.2 Å². The van der Waals surface area contributed by atoms with Crippen LogP contribution in [0.3, 0.4) is 0 Å². The highest BCUT2D eigenvalue weighted by atomic mass is 35.5. The zero-order valence-electron chi connectivity index (χ0n) is 7.76. The lowest BCUT2D eigenvalue weighted by Crippen LogP contribution is -2.22. The number of nitrogens with two attached hydrogens (primary N) is 2. The minimum absolute atomic E-state index is 0. The molecule has 1 rings (SSSR count). The van der Waals surface area contributed by atoms with Crippen molar-refractivity contribution in [1.29, 1.82) is 0 Å². The molecule has 0 aliphatic carbocycles. The second kappa shape index (κ2) is 5.51. The number of benzene rings is 1. The Hall–Kier alpha value is -0.350. The number of aryl methyl sites for hydroxylation is 1. The topological polar surface area (TPSA) is 52.0 Å². The van der Waals surface area contributed by atoms with Gasteiger partial charge in [0.05, 0.1) is 0 Å². The van der Waals surface area contributed by atoms with Crippen LogP contribution in [0.4, 0.5) is 4.39 Å². The van der Waals surface area contributed by atoms with Gasteiger partial charge in [-0.05, 0) is 18.6 Å². The summed E-state index contributed by atoms with van der Waals surface area (Å²) in [4.78, 5) is 0. The third-order valence-electron chi connectivity index (χ3n) is 1.94. The summed E-state index contributed by atoms with van der Waals surface area (Å²) in [6, 6.07) is 2.71. The lowest BCUT2D eigenvalue weighted by atomic mass is 10.0. The molecular weight excluding hydrogens is 226 g/mol. The molecule has 0 amide bonds. The Labute approximate surface area is 93.8 Å². The first-order valence-electron chi connectivity index (χ1n) is 3.98. The van der Waals surface area contributed by atoms with Gasteiger partial charge in [0.1, 0.15) is 5.82 Å². The molecule has 0 saturated carbocycles. The maximum Gasteiger partial charge on any atom is 0.132 e. The molecule has 4 N–H and O–H groups in total. The zero-order chi connectivity index (χ0) is 10.0. The average Bonchev–Trinajstić information content (AvgIpc) is 2.12. The summed E-state index contributed by atoms with van der Waals surface area (Å²) in [5, 5.41) is 0.334. The highest BCUT2D eigenvalue weighted by Gasteiger charge is 2.15. The molecule has 5 heteroatoms. The third kappa shape index (κ3) is 2.58. The predicted molar refractivity (Wildman–Crippen MR) is 59.4 cm³/mol. The fraction of sp³-hybridized carbons (Fsp3) is 0.333. The largest absolute Gasteiger partial charge is 0.329 e. The first kappa shape index (κ1) is 13.7. The predicted octanol–water partition coefficient (Wildman–Crippen LogP) is 2.17. The molecule has 1 aromatic rings. The van der Waals surface area contributed by atoms with Crippen molar-refractivity contribution >= 4 is 24.0 Å². The van der Waals surface area contributed by atoms with Crippen molar-refractivity contribution in [2.75, 3.05) is 6.54 Å². The summed E-state index contributed by atoms with van der Waals surface area (Å²) in [6.07, 6.45) is 0. The summed E-state index contributed by atoms with van der Waals surface area (Å²) in [5.74, 6) is -0.356. The molecule has 14 heavy (non-hydrogen) atoms. The van der Waals surface area contributed by atoms with Crippen LogP contribution in [-0.4, -0.2) is 6.54 Å². The molecule has 0 fully saturated rings. The minimum atomic E-state index is -0.535. The SMILES string of the molecule is Cc1ccc(Cl)c([C@@H](N)CN)c1F.Cl. The van der Waals surface area contributed by atoms with E-state index in [9.17, 15) is 4.39 Å². The van der Waals surface area contributed by atoms with E-state index in [0.717, 1.165) is 0 Å². The van der Waals surface area contributed by atoms with Crippen LogP contribution in [-0.2, 0) is 0 Å². The molecule has 0 heterocycles. The lowest BCUT2D eigenvalue weighted by molar-refractivity contribution is 0.576. The fourth-order valence-corrected chi connectivity index (χ4v) is 1.42. The molecule has 1 aromatic carbocycles. The smallest absolute Gasteiger partial charge is 0.132 e. The molecule has 0 bridgehead atoms. The summed E-state index contributed by atoms with van der Waals surface area (Å²) in [5.41, 5.74) is 11.8. The Morgan fingerprint density at radius 1 is 1.50 bits per heavy atom. The molecular formula is C9H13Cl2FN2. The van der Waals surface area contributed by atoms with Crippen LogP contribution in [0.5, 0.6) is 0 Å². The fourth-order valence-electron chi connectivity index (χ4n) is 1.14. The second-order valence-electron chi connectivity index (χ2n) is 2.93. The van der Waals surface area contributed by atoms with E-state index in [2.05, 4.69) is 0 Å². The van der Waals surface area contributed by atoms with Gasteiger partial charge < -0.3 is 11.5 Å². The van der Waals surface area contributed by atoms with Crippen molar-refractivity contribution < 1.29 is 4.39 Å². The number of hydrogen-bond acceptors (Lipinski definition) is 2. The number of halogens is 3. The van der Waals surface area contributed by atoms with Gasteiger partial charge in [0.15, 0.2) is 0 Å². The van der Waals surface area contributed by atoms with Crippen molar-refractivity contribution in [2.45, 2.75) is 13.0 Å². The normalized spacial score (nSPS) is 12.1. The van der Waals surface area contributed by atoms with Gasteiger partial charge in [-0.3, -0.25) is 0 Å². The summed E-state index contributed by atoms with van der Waals surface area (Å²) >= 11 is 5.80. The Kier molecular flexibility index (Phi) is 5.37. The van der Waals surface area contributed by atoms with Gasteiger partial charge in [-0.1, -0.05) is 17.7 Å². The molecule has 0 aliphatic heterocycles. The second-order valence-corrected chi connectivity index (χ2v) is 3.34. The molecule has 0 spiro atoms. The maximum absolute atomic E-state index is 13.5. The van der Waals surface area contributed by atoms with Crippen molar-refractivity contribution in [3.8, 4) is 0 Å². The van der Waals surface area contributed by atoms with Crippen LogP contribution in [0, 0.1) is 12.7 Å². The maximum atomic E-state index is 13.5. The molecule has 0 unspecified atom stereocenters. The first-order chi connectivity index (χ1) is 6.07. The van der Waals surface area contributed by atoms with Crippen molar-refractivity contribution in [3.05, 3.63) is 34.1 Å². The van der Waals surface area contributed by atoms with Gasteiger partial charge in [-0.2, -0.15) is 0 Å². The molecule has 1 atom stereocenters. The molecule has 80 valence electrons. The Bertz CT molecular complexity index is 318. The van der Waals surface area contributed by atoms with Crippen molar-refractivity contribution in [2.24, 2.45) is 11.5 Å². The van der Waals surface area contributed by atoms with Crippen molar-refractivity contribution in [3.63, 3.8) is 0 Å². The Balaban J connectivity index is 0.00000169. The monoisotopic (exact) mass is 238 g/mol. The Morgan fingerprint density at radius 3 is 2.57 bits per heavy atom. The average molecular weight is 239 g/mol.